The van der Waals surface area contributed by atoms with Crippen LogP contribution < -0.4 is 10.7 Å². The van der Waals surface area contributed by atoms with Crippen molar-refractivity contribution in [1.82, 2.24) is 10.4 Å². The van der Waals surface area contributed by atoms with Crippen LogP contribution in [0.4, 0.5) is 5.69 Å². The van der Waals surface area contributed by atoms with E-state index in [1.54, 1.807) is 0 Å². The van der Waals surface area contributed by atoms with E-state index in [4.69, 9.17) is 4.74 Å². The number of morpholine rings is 1. The SMILES string of the molecule is Cc1cccc(NC(=O)CNN2CCOCC2)c1. The van der Waals surface area contributed by atoms with Crippen molar-refractivity contribution in [2.45, 2.75) is 6.92 Å². The molecule has 5 nitrogen and oxygen atoms in total. The zero-order chi connectivity index (χ0) is 12.8. The quantitative estimate of drug-likeness (QED) is 0.827. The molecule has 0 bridgehead atoms. The number of rotatable bonds is 4. The van der Waals surface area contributed by atoms with Gasteiger partial charge >= 0.3 is 0 Å². The highest BCUT2D eigenvalue weighted by Gasteiger charge is 2.11. The third-order valence-electron chi connectivity index (χ3n) is 2.78. The lowest BCUT2D eigenvalue weighted by atomic mass is 10.2. The van der Waals surface area contributed by atoms with Crippen molar-refractivity contribution in [3.05, 3.63) is 29.8 Å². The van der Waals surface area contributed by atoms with Gasteiger partial charge in [-0.05, 0) is 24.6 Å². The predicted octanol–water partition coefficient (Wildman–Crippen LogP) is 0.770. The van der Waals surface area contributed by atoms with Crippen molar-refractivity contribution in [2.75, 3.05) is 38.2 Å². The third-order valence-corrected chi connectivity index (χ3v) is 2.78. The van der Waals surface area contributed by atoms with E-state index in [1.165, 1.54) is 0 Å². The summed E-state index contributed by atoms with van der Waals surface area (Å²) >= 11 is 0. The predicted molar refractivity (Wildman–Crippen MR) is 70.2 cm³/mol. The van der Waals surface area contributed by atoms with E-state index in [0.717, 1.165) is 24.3 Å². The van der Waals surface area contributed by atoms with E-state index in [0.29, 0.717) is 13.2 Å². The Morgan fingerprint density at radius 1 is 1.39 bits per heavy atom. The number of anilines is 1. The summed E-state index contributed by atoms with van der Waals surface area (Å²) in [5, 5.41) is 4.88. The van der Waals surface area contributed by atoms with Gasteiger partial charge in [0.2, 0.25) is 5.91 Å². The molecular weight excluding hydrogens is 230 g/mol. The van der Waals surface area contributed by atoms with Gasteiger partial charge < -0.3 is 10.1 Å². The minimum absolute atomic E-state index is 0.0351. The van der Waals surface area contributed by atoms with E-state index < -0.39 is 0 Å². The average molecular weight is 249 g/mol. The molecule has 2 rings (SSSR count). The summed E-state index contributed by atoms with van der Waals surface area (Å²) in [6.45, 7) is 5.35. The molecule has 2 N–H and O–H groups in total. The second kappa shape index (κ2) is 6.49. The summed E-state index contributed by atoms with van der Waals surface area (Å²) in [4.78, 5) is 11.7. The van der Waals surface area contributed by atoms with Crippen molar-refractivity contribution in [3.8, 4) is 0 Å². The molecule has 1 fully saturated rings. The van der Waals surface area contributed by atoms with Crippen LogP contribution in [0.3, 0.4) is 0 Å². The molecule has 1 amide bonds. The highest BCUT2D eigenvalue weighted by molar-refractivity contribution is 5.92. The Morgan fingerprint density at radius 2 is 2.17 bits per heavy atom. The molecule has 1 saturated heterocycles. The van der Waals surface area contributed by atoms with Crippen LogP contribution in [0.2, 0.25) is 0 Å². The molecule has 1 aromatic rings. The summed E-state index contributed by atoms with van der Waals surface area (Å²) in [6, 6.07) is 7.77. The number of hydrogen-bond donors (Lipinski definition) is 2. The number of hydrogen-bond acceptors (Lipinski definition) is 4. The molecule has 0 aliphatic carbocycles. The lowest BCUT2D eigenvalue weighted by Gasteiger charge is -2.26. The summed E-state index contributed by atoms with van der Waals surface area (Å²) in [5.41, 5.74) is 5.07. The van der Waals surface area contributed by atoms with Crippen LogP contribution in [0, 0.1) is 6.92 Å². The number of nitrogens with one attached hydrogen (secondary N) is 2. The molecule has 0 aromatic heterocycles. The van der Waals surface area contributed by atoms with Crippen molar-refractivity contribution in [1.29, 1.82) is 0 Å². The molecule has 0 radical (unpaired) electrons. The minimum Gasteiger partial charge on any atom is -0.379 e. The number of benzene rings is 1. The van der Waals surface area contributed by atoms with Crippen LogP contribution in [-0.4, -0.2) is 43.8 Å². The topological polar surface area (TPSA) is 53.6 Å². The largest absolute Gasteiger partial charge is 0.379 e. The van der Waals surface area contributed by atoms with Gasteiger partial charge in [-0.3, -0.25) is 4.79 Å². The van der Waals surface area contributed by atoms with Crippen LogP contribution in [-0.2, 0) is 9.53 Å². The Bertz CT molecular complexity index is 403. The van der Waals surface area contributed by atoms with Gasteiger partial charge in [0.15, 0.2) is 0 Å². The summed E-state index contributed by atoms with van der Waals surface area (Å²) < 4.78 is 5.23. The maximum absolute atomic E-state index is 11.7. The van der Waals surface area contributed by atoms with Crippen LogP contribution in [0.25, 0.3) is 0 Å². The maximum Gasteiger partial charge on any atom is 0.239 e. The number of aryl methyl sites for hydroxylation is 1. The van der Waals surface area contributed by atoms with Gasteiger partial charge in [0.05, 0.1) is 19.8 Å². The first kappa shape index (κ1) is 13.0. The molecule has 18 heavy (non-hydrogen) atoms. The number of nitrogens with zero attached hydrogens (tertiary/aromatic N) is 1. The first-order valence-corrected chi connectivity index (χ1v) is 6.17. The number of carbonyl (C=O) groups is 1. The summed E-state index contributed by atoms with van der Waals surface area (Å²) in [6.07, 6.45) is 0. The summed E-state index contributed by atoms with van der Waals surface area (Å²) in [7, 11) is 0. The molecule has 1 aliphatic rings. The van der Waals surface area contributed by atoms with Crippen LogP contribution in [0.1, 0.15) is 5.56 Å². The number of carbonyl (C=O) groups excluding carboxylic acids is 1. The average Bonchev–Trinajstić information content (AvgIpc) is 2.38. The molecule has 0 unspecified atom stereocenters. The van der Waals surface area contributed by atoms with Crippen LogP contribution >= 0.6 is 0 Å². The van der Waals surface area contributed by atoms with Crippen molar-refractivity contribution in [2.24, 2.45) is 0 Å². The zero-order valence-corrected chi connectivity index (χ0v) is 10.6. The first-order valence-electron chi connectivity index (χ1n) is 6.17. The molecule has 0 atom stereocenters. The van der Waals surface area contributed by atoms with Gasteiger partial charge in [-0.15, -0.1) is 0 Å². The molecule has 0 saturated carbocycles. The molecular formula is C13H19N3O2. The van der Waals surface area contributed by atoms with Gasteiger partial charge in [-0.2, -0.15) is 0 Å². The normalized spacial score (nSPS) is 16.5. The van der Waals surface area contributed by atoms with Gasteiger partial charge in [0, 0.05) is 18.8 Å². The lowest BCUT2D eigenvalue weighted by molar-refractivity contribution is -0.116. The minimum atomic E-state index is -0.0351. The zero-order valence-electron chi connectivity index (χ0n) is 10.6. The molecule has 5 heteroatoms. The highest BCUT2D eigenvalue weighted by atomic mass is 16.5. The van der Waals surface area contributed by atoms with Crippen LogP contribution in [0.15, 0.2) is 24.3 Å². The van der Waals surface area contributed by atoms with Crippen molar-refractivity contribution >= 4 is 11.6 Å². The Labute approximate surface area is 107 Å². The second-order valence-corrected chi connectivity index (χ2v) is 4.35. The Kier molecular flexibility index (Phi) is 4.69. The molecule has 1 heterocycles. The van der Waals surface area contributed by atoms with Gasteiger partial charge in [0.25, 0.3) is 0 Å². The fourth-order valence-corrected chi connectivity index (χ4v) is 1.83. The highest BCUT2D eigenvalue weighted by Crippen LogP contribution is 2.08. The van der Waals surface area contributed by atoms with Crippen molar-refractivity contribution in [3.63, 3.8) is 0 Å². The molecule has 1 aromatic carbocycles. The first-order chi connectivity index (χ1) is 8.74. The van der Waals surface area contributed by atoms with E-state index in [-0.39, 0.29) is 12.5 Å². The Hall–Kier alpha value is -1.43. The Balaban J connectivity index is 1.74. The van der Waals surface area contributed by atoms with E-state index in [1.807, 2.05) is 36.2 Å². The second-order valence-electron chi connectivity index (χ2n) is 4.35. The van der Waals surface area contributed by atoms with Gasteiger partial charge in [-0.1, -0.05) is 12.1 Å². The van der Waals surface area contributed by atoms with E-state index >= 15 is 0 Å². The smallest absolute Gasteiger partial charge is 0.239 e. The van der Waals surface area contributed by atoms with E-state index in [2.05, 4.69) is 10.7 Å². The van der Waals surface area contributed by atoms with Gasteiger partial charge in [0.1, 0.15) is 0 Å². The summed E-state index contributed by atoms with van der Waals surface area (Å²) in [5.74, 6) is -0.0351. The van der Waals surface area contributed by atoms with Crippen molar-refractivity contribution < 1.29 is 9.53 Å². The third kappa shape index (κ3) is 4.10. The fraction of sp³-hybridized carbons (Fsp3) is 0.462. The number of ether oxygens (including phenoxy) is 1. The molecule has 98 valence electrons. The van der Waals surface area contributed by atoms with Crippen LogP contribution in [0.5, 0.6) is 0 Å². The molecule has 0 spiro atoms. The van der Waals surface area contributed by atoms with E-state index in [9.17, 15) is 4.79 Å². The van der Waals surface area contributed by atoms with Gasteiger partial charge in [-0.25, -0.2) is 10.4 Å². The standard InChI is InChI=1S/C13H19N3O2/c1-11-3-2-4-12(9-11)15-13(17)10-14-16-5-7-18-8-6-16/h2-4,9,14H,5-8,10H2,1H3,(H,15,17). The number of hydrazine groups is 1. The lowest BCUT2D eigenvalue weighted by Crippen LogP contribution is -2.48. The number of amides is 1. The Morgan fingerprint density at radius 3 is 2.89 bits per heavy atom. The fourth-order valence-electron chi connectivity index (χ4n) is 1.83. The maximum atomic E-state index is 11.7. The monoisotopic (exact) mass is 249 g/mol. The molecule has 1 aliphatic heterocycles.